The van der Waals surface area contributed by atoms with Crippen molar-refractivity contribution in [2.24, 2.45) is 11.3 Å². The van der Waals surface area contributed by atoms with Gasteiger partial charge in [0, 0.05) is 38.5 Å². The molecule has 6 aromatic carbocycles. The van der Waals surface area contributed by atoms with E-state index in [1.54, 1.807) is 0 Å². The molecule has 5 heteroatoms. The molecule has 0 amide bonds. The molecule has 70 heavy (non-hydrogen) atoms. The molecule has 3 nitrogen and oxygen atoms in total. The molecule has 0 saturated carbocycles. The Balaban J connectivity index is 1.30. The van der Waals surface area contributed by atoms with Crippen molar-refractivity contribution in [2.75, 3.05) is 9.80 Å². The molecule has 0 N–H and O–H groups in total. The molecule has 2 aliphatic heterocycles. The number of allylic oxidation sites excluding steroid dienone is 1. The number of nitrogens with zero attached hydrogens (tertiary/aromatic N) is 2. The van der Waals surface area contributed by atoms with Crippen LogP contribution in [0.2, 0.25) is 0 Å². The van der Waals surface area contributed by atoms with E-state index in [2.05, 4.69) is 241 Å². The zero-order chi connectivity index (χ0) is 49.6. The SMILES string of the molecule is Cc1cc(C(C)(C)C)cc(C)c1N1c2cc(C(C)(C)C)cc3c2B(c2cc(-c4cc5ccccc5o4)ccc2N3c2c(C)cc(C(C)(C)C)cc2-c2ccccc2)c2c1sc1c2CC(C(C)(C)C)C=C1. The molecule has 3 aliphatic rings. The van der Waals surface area contributed by atoms with Gasteiger partial charge in [-0.2, -0.15) is 0 Å². The summed E-state index contributed by atoms with van der Waals surface area (Å²) in [6.45, 7) is 35.4. The van der Waals surface area contributed by atoms with E-state index >= 15 is 0 Å². The summed E-state index contributed by atoms with van der Waals surface area (Å²) in [5.74, 6) is 1.30. The average molecular weight is 937 g/mol. The van der Waals surface area contributed by atoms with Gasteiger partial charge in [-0.15, -0.1) is 11.3 Å². The third kappa shape index (κ3) is 7.52. The van der Waals surface area contributed by atoms with Crippen LogP contribution in [0.15, 0.2) is 126 Å². The summed E-state index contributed by atoms with van der Waals surface area (Å²) in [6, 6.07) is 43.9. The highest BCUT2D eigenvalue weighted by Crippen LogP contribution is 2.54. The standard InChI is InChI=1S/C65H69BN2OS/c1-38-29-45(63(7,8)9)30-39(2)59(38)68-53-37-47(65(13,14)15)36-52-58(53)66(57-49-34-44(62(4,5)6)26-28-56(49)70-61(57)68)50-32-43(55-33-42-23-19-20-24-54(42)69-55)25-27-51(50)67(52)60-40(3)31-46(64(10,11)12)35-48(60)41-21-17-16-18-22-41/h16-33,35-37,44H,34H2,1-15H3. The van der Waals surface area contributed by atoms with Gasteiger partial charge in [-0.25, -0.2) is 0 Å². The number of para-hydroxylation sites is 1. The van der Waals surface area contributed by atoms with Crippen LogP contribution in [-0.2, 0) is 22.7 Å². The van der Waals surface area contributed by atoms with Crippen LogP contribution in [0.1, 0.15) is 127 Å². The van der Waals surface area contributed by atoms with Crippen LogP contribution in [0.25, 0.3) is 39.5 Å². The minimum atomic E-state index is -0.144. The van der Waals surface area contributed by atoms with E-state index in [1.165, 1.54) is 105 Å². The molecule has 1 aliphatic carbocycles. The van der Waals surface area contributed by atoms with E-state index in [-0.39, 0.29) is 28.4 Å². The Labute approximate surface area is 422 Å². The predicted molar refractivity (Wildman–Crippen MR) is 305 cm³/mol. The van der Waals surface area contributed by atoms with E-state index in [4.69, 9.17) is 4.42 Å². The number of anilines is 6. The first-order valence-electron chi connectivity index (χ1n) is 25.5. The molecule has 354 valence electrons. The monoisotopic (exact) mass is 937 g/mol. The van der Waals surface area contributed by atoms with Crippen LogP contribution in [0.4, 0.5) is 33.4 Å². The summed E-state index contributed by atoms with van der Waals surface area (Å²) >= 11 is 1.99. The van der Waals surface area contributed by atoms with Crippen molar-refractivity contribution in [3.05, 3.63) is 165 Å². The van der Waals surface area contributed by atoms with E-state index in [0.29, 0.717) is 5.92 Å². The van der Waals surface area contributed by atoms with Gasteiger partial charge in [0.25, 0.3) is 6.71 Å². The molecule has 4 heterocycles. The molecule has 8 aromatic rings. The Hall–Kier alpha value is -6.04. The second-order valence-electron chi connectivity index (χ2n) is 24.9. The Kier molecular flexibility index (Phi) is 10.6. The average Bonchev–Trinajstić information content (AvgIpc) is 3.90. The quantitative estimate of drug-likeness (QED) is 0.164. The number of hydrogen-bond acceptors (Lipinski definition) is 4. The maximum atomic E-state index is 6.73. The smallest absolute Gasteiger partial charge is 0.253 e. The third-order valence-corrected chi connectivity index (χ3v) is 16.9. The van der Waals surface area contributed by atoms with Gasteiger partial charge in [-0.3, -0.25) is 0 Å². The van der Waals surface area contributed by atoms with E-state index in [9.17, 15) is 0 Å². The minimum Gasteiger partial charge on any atom is -0.456 e. The number of aryl methyl sites for hydroxylation is 3. The molecule has 11 rings (SSSR count). The zero-order valence-corrected chi connectivity index (χ0v) is 45.0. The van der Waals surface area contributed by atoms with Gasteiger partial charge in [0.15, 0.2) is 0 Å². The Morgan fingerprint density at radius 3 is 1.77 bits per heavy atom. The van der Waals surface area contributed by atoms with Crippen molar-refractivity contribution in [3.63, 3.8) is 0 Å². The lowest BCUT2D eigenvalue weighted by Crippen LogP contribution is -2.62. The number of furan rings is 1. The van der Waals surface area contributed by atoms with Crippen LogP contribution in [-0.4, -0.2) is 6.71 Å². The van der Waals surface area contributed by atoms with Crippen molar-refractivity contribution in [3.8, 4) is 22.5 Å². The highest BCUT2D eigenvalue weighted by atomic mass is 32.1. The summed E-state index contributed by atoms with van der Waals surface area (Å²) < 4.78 is 6.73. The highest BCUT2D eigenvalue weighted by Gasteiger charge is 2.48. The van der Waals surface area contributed by atoms with Crippen molar-refractivity contribution in [1.82, 2.24) is 0 Å². The van der Waals surface area contributed by atoms with Crippen LogP contribution in [0.3, 0.4) is 0 Å². The lowest BCUT2D eigenvalue weighted by Gasteiger charge is -2.46. The molecule has 1 unspecified atom stereocenters. The fourth-order valence-electron chi connectivity index (χ4n) is 11.6. The van der Waals surface area contributed by atoms with Crippen LogP contribution >= 0.6 is 11.3 Å². The first kappa shape index (κ1) is 46.4. The van der Waals surface area contributed by atoms with Gasteiger partial charge < -0.3 is 14.2 Å². The van der Waals surface area contributed by atoms with Crippen molar-refractivity contribution in [1.29, 1.82) is 0 Å². The summed E-state index contributed by atoms with van der Waals surface area (Å²) in [6.07, 6.45) is 5.98. The molecule has 0 fully saturated rings. The summed E-state index contributed by atoms with van der Waals surface area (Å²) in [7, 11) is 0. The molecule has 2 aromatic heterocycles. The number of benzene rings is 6. The molecular formula is C65H69BN2OS. The van der Waals surface area contributed by atoms with E-state index < -0.39 is 0 Å². The van der Waals surface area contributed by atoms with Gasteiger partial charge >= 0.3 is 0 Å². The molecule has 0 saturated heterocycles. The molecule has 0 bridgehead atoms. The Morgan fingerprint density at radius 1 is 0.557 bits per heavy atom. The summed E-state index contributed by atoms with van der Waals surface area (Å²) in [4.78, 5) is 6.79. The second-order valence-corrected chi connectivity index (χ2v) is 25.9. The normalized spacial score (nSPS) is 15.6. The predicted octanol–water partition coefficient (Wildman–Crippen LogP) is 17.0. The summed E-state index contributed by atoms with van der Waals surface area (Å²) in [5.41, 5.74) is 24.2. The largest absolute Gasteiger partial charge is 0.456 e. The van der Waals surface area contributed by atoms with Crippen LogP contribution in [0, 0.1) is 32.1 Å². The maximum absolute atomic E-state index is 6.73. The molecule has 0 radical (unpaired) electrons. The molecular weight excluding hydrogens is 868 g/mol. The van der Waals surface area contributed by atoms with Crippen molar-refractivity contribution >= 4 is 84.9 Å². The number of thiophene rings is 1. The fourth-order valence-corrected chi connectivity index (χ4v) is 12.9. The molecule has 1 atom stereocenters. The van der Waals surface area contributed by atoms with Crippen molar-refractivity contribution < 1.29 is 4.42 Å². The lowest BCUT2D eigenvalue weighted by atomic mass is 9.33. The third-order valence-electron chi connectivity index (χ3n) is 15.7. The number of fused-ring (bicyclic) bond motifs is 7. The van der Waals surface area contributed by atoms with E-state index in [0.717, 1.165) is 28.7 Å². The number of hydrogen-bond donors (Lipinski definition) is 0. The fraction of sp³-hybridized carbons (Fsp3) is 0.323. The van der Waals surface area contributed by atoms with Crippen LogP contribution < -0.4 is 26.2 Å². The first-order valence-corrected chi connectivity index (χ1v) is 26.4. The second kappa shape index (κ2) is 16.0. The van der Waals surface area contributed by atoms with Gasteiger partial charge in [0.05, 0.1) is 16.4 Å². The van der Waals surface area contributed by atoms with E-state index in [1.807, 2.05) is 11.3 Å². The van der Waals surface area contributed by atoms with Gasteiger partial charge in [0.1, 0.15) is 11.3 Å². The minimum absolute atomic E-state index is 0.0188. The molecule has 0 spiro atoms. The topological polar surface area (TPSA) is 19.6 Å². The Bertz CT molecular complexity index is 3390. The maximum Gasteiger partial charge on any atom is 0.253 e. The first-order chi connectivity index (χ1) is 33.0. The Morgan fingerprint density at radius 2 is 1.14 bits per heavy atom. The summed E-state index contributed by atoms with van der Waals surface area (Å²) in [5, 5.41) is 2.46. The van der Waals surface area contributed by atoms with Gasteiger partial charge in [-0.05, 0) is 164 Å². The number of rotatable bonds is 4. The van der Waals surface area contributed by atoms with Gasteiger partial charge in [-0.1, -0.05) is 162 Å². The zero-order valence-electron chi connectivity index (χ0n) is 44.2. The van der Waals surface area contributed by atoms with Crippen molar-refractivity contribution in [2.45, 2.75) is 127 Å². The highest BCUT2D eigenvalue weighted by molar-refractivity contribution is 7.21. The van der Waals surface area contributed by atoms with Gasteiger partial charge in [0.2, 0.25) is 0 Å². The van der Waals surface area contributed by atoms with Crippen LogP contribution in [0.5, 0.6) is 0 Å². The lowest BCUT2D eigenvalue weighted by molar-refractivity contribution is 0.291.